The van der Waals surface area contributed by atoms with Gasteiger partial charge in [-0.1, -0.05) is 0 Å². The number of carboxylic acid groups (broad SMARTS) is 1. The lowest BCUT2D eigenvalue weighted by atomic mass is 9.78. The zero-order valence-corrected chi connectivity index (χ0v) is 22.3. The number of piperazine rings is 2. The number of ether oxygens (including phenoxy) is 3. The molecule has 0 aromatic heterocycles. The highest BCUT2D eigenvalue weighted by Gasteiger charge is 2.61. The van der Waals surface area contributed by atoms with Crippen molar-refractivity contribution in [2.75, 3.05) is 66.5 Å². The van der Waals surface area contributed by atoms with E-state index in [1.165, 1.54) is 18.0 Å². The van der Waals surface area contributed by atoms with Crippen molar-refractivity contribution in [1.82, 2.24) is 15.1 Å². The summed E-state index contributed by atoms with van der Waals surface area (Å²) in [7, 11) is 4.26. The van der Waals surface area contributed by atoms with Crippen molar-refractivity contribution in [2.45, 2.75) is 50.1 Å². The van der Waals surface area contributed by atoms with Crippen LogP contribution in [0.4, 0.5) is 0 Å². The SMILES string of the molecule is CN1CCNCC1.C[NH+]1CCN(C(=O)C2C(C(=O)[O-])[C@H]3CC[C@@H]2O3)CC1.O=C1OC(=O)C2C1[C@@H]1CC[C@H]2O1. The van der Waals surface area contributed by atoms with E-state index in [1.807, 2.05) is 0 Å². The molecule has 0 aliphatic carbocycles. The van der Waals surface area contributed by atoms with Gasteiger partial charge in [-0.2, -0.15) is 0 Å². The van der Waals surface area contributed by atoms with Gasteiger partial charge in [0.2, 0.25) is 5.91 Å². The van der Waals surface area contributed by atoms with Crippen molar-refractivity contribution in [3.05, 3.63) is 0 Å². The summed E-state index contributed by atoms with van der Waals surface area (Å²) >= 11 is 0. The number of esters is 2. The number of nitrogens with one attached hydrogen (secondary N) is 2. The smallest absolute Gasteiger partial charge is 0.320 e. The molecule has 7 aliphatic heterocycles. The van der Waals surface area contributed by atoms with E-state index < -0.39 is 17.8 Å². The topological polar surface area (TPSA) is 142 Å². The largest absolute Gasteiger partial charge is 0.550 e. The molecule has 2 N–H and O–H groups in total. The van der Waals surface area contributed by atoms with Crippen LogP contribution in [-0.4, -0.2) is 124 Å². The number of nitrogens with zero attached hydrogens (tertiary/aromatic N) is 2. The van der Waals surface area contributed by atoms with Crippen molar-refractivity contribution in [3.63, 3.8) is 0 Å². The van der Waals surface area contributed by atoms with E-state index in [0.29, 0.717) is 13.1 Å². The second-order valence-electron chi connectivity index (χ2n) is 11.6. The Bertz CT molecular complexity index is 893. The number of rotatable bonds is 2. The number of quaternary nitrogens is 1. The first-order valence-corrected chi connectivity index (χ1v) is 14.0. The molecule has 4 bridgehead atoms. The van der Waals surface area contributed by atoms with Crippen LogP contribution in [0.25, 0.3) is 0 Å². The minimum Gasteiger partial charge on any atom is -0.550 e. The highest BCUT2D eigenvalue weighted by Crippen LogP contribution is 2.47. The van der Waals surface area contributed by atoms with Crippen LogP contribution in [0.3, 0.4) is 0 Å². The van der Waals surface area contributed by atoms with Crippen LogP contribution >= 0.6 is 0 Å². The fourth-order valence-corrected chi connectivity index (χ4v) is 6.90. The first kappa shape index (κ1) is 27.4. The van der Waals surface area contributed by atoms with Crippen LogP contribution in [0.15, 0.2) is 0 Å². The van der Waals surface area contributed by atoms with Gasteiger partial charge in [0.1, 0.15) is 0 Å². The third-order valence-corrected chi connectivity index (χ3v) is 9.12. The quantitative estimate of drug-likeness (QED) is 0.267. The van der Waals surface area contributed by atoms with Crippen LogP contribution in [0.5, 0.6) is 0 Å². The predicted octanol–water partition coefficient (Wildman–Crippen LogP) is -3.73. The monoisotopic (exact) mass is 536 g/mol. The molecular weight excluding hydrogens is 496 g/mol. The molecule has 7 rings (SSSR count). The molecule has 0 saturated carbocycles. The van der Waals surface area contributed by atoms with Gasteiger partial charge in [0.25, 0.3) is 0 Å². The molecule has 8 atom stereocenters. The van der Waals surface area contributed by atoms with E-state index in [-0.39, 0.29) is 54.1 Å². The van der Waals surface area contributed by atoms with Gasteiger partial charge in [0.15, 0.2) is 0 Å². The van der Waals surface area contributed by atoms with E-state index in [0.717, 1.165) is 51.9 Å². The summed E-state index contributed by atoms with van der Waals surface area (Å²) in [6.07, 6.45) is 2.71. The van der Waals surface area contributed by atoms with Crippen molar-refractivity contribution in [3.8, 4) is 0 Å². The number of amides is 1. The first-order chi connectivity index (χ1) is 18.2. The normalized spacial score (nSPS) is 39.7. The lowest BCUT2D eigenvalue weighted by molar-refractivity contribution is -0.883. The molecular formula is C26H40N4O8. The predicted molar refractivity (Wildman–Crippen MR) is 129 cm³/mol. The zero-order chi connectivity index (χ0) is 27.0. The molecule has 0 spiro atoms. The van der Waals surface area contributed by atoms with Gasteiger partial charge in [-0.05, 0) is 32.7 Å². The van der Waals surface area contributed by atoms with Crippen molar-refractivity contribution >= 4 is 23.8 Å². The number of aliphatic carboxylic acids is 1. The third-order valence-electron chi connectivity index (χ3n) is 9.12. The number of carboxylic acids is 1. The van der Waals surface area contributed by atoms with Crippen LogP contribution in [0, 0.1) is 23.7 Å². The molecule has 7 heterocycles. The number of hydrogen-bond donors (Lipinski definition) is 2. The minimum absolute atomic E-state index is 0.0426. The number of fused-ring (bicyclic) bond motifs is 7. The molecule has 1 amide bonds. The summed E-state index contributed by atoms with van der Waals surface area (Å²) in [5.41, 5.74) is 0. The Morgan fingerprint density at radius 1 is 0.842 bits per heavy atom. The maximum atomic E-state index is 12.6. The lowest BCUT2D eigenvalue weighted by Crippen LogP contribution is -3.12. The average Bonchev–Trinajstić information content (AvgIpc) is 3.73. The second kappa shape index (κ2) is 11.5. The summed E-state index contributed by atoms with van der Waals surface area (Å²) in [5, 5.41) is 14.5. The second-order valence-corrected chi connectivity index (χ2v) is 11.6. The number of hydrogen-bond acceptors (Lipinski definition) is 10. The molecule has 38 heavy (non-hydrogen) atoms. The Morgan fingerprint density at radius 3 is 1.84 bits per heavy atom. The van der Waals surface area contributed by atoms with E-state index in [1.54, 1.807) is 4.90 Å². The molecule has 212 valence electrons. The Balaban J connectivity index is 0.000000131. The van der Waals surface area contributed by atoms with Crippen molar-refractivity contribution in [1.29, 1.82) is 0 Å². The van der Waals surface area contributed by atoms with E-state index >= 15 is 0 Å². The molecule has 7 aliphatic rings. The number of carbonyl (C=O) groups is 4. The maximum Gasteiger partial charge on any atom is 0.320 e. The van der Waals surface area contributed by atoms with E-state index in [2.05, 4.69) is 29.0 Å². The third kappa shape index (κ3) is 5.46. The molecule has 12 heteroatoms. The summed E-state index contributed by atoms with van der Waals surface area (Å²) in [6, 6.07) is 0. The average molecular weight is 537 g/mol. The molecule has 7 fully saturated rings. The first-order valence-electron chi connectivity index (χ1n) is 14.0. The van der Waals surface area contributed by atoms with Gasteiger partial charge in [0.05, 0.1) is 75.4 Å². The van der Waals surface area contributed by atoms with Crippen LogP contribution in [0.2, 0.25) is 0 Å². The van der Waals surface area contributed by atoms with Gasteiger partial charge >= 0.3 is 11.9 Å². The lowest BCUT2D eigenvalue weighted by Gasteiger charge is -2.35. The minimum atomic E-state index is -1.13. The number of cyclic esters (lactones) is 2. The van der Waals surface area contributed by atoms with Crippen molar-refractivity contribution < 1.29 is 43.4 Å². The Labute approximate surface area is 222 Å². The summed E-state index contributed by atoms with van der Waals surface area (Å²) in [6.45, 7) is 8.00. The Kier molecular flexibility index (Phi) is 8.34. The van der Waals surface area contributed by atoms with E-state index in [9.17, 15) is 24.3 Å². The van der Waals surface area contributed by atoms with E-state index in [4.69, 9.17) is 9.47 Å². The van der Waals surface area contributed by atoms with Crippen LogP contribution < -0.4 is 15.3 Å². The zero-order valence-electron chi connectivity index (χ0n) is 22.3. The molecule has 4 unspecified atom stereocenters. The fourth-order valence-electron chi connectivity index (χ4n) is 6.90. The highest BCUT2D eigenvalue weighted by atomic mass is 16.6. The molecule has 0 aromatic rings. The van der Waals surface area contributed by atoms with Gasteiger partial charge in [-0.15, -0.1) is 0 Å². The van der Waals surface area contributed by atoms with Gasteiger partial charge in [0, 0.05) is 38.1 Å². The number of carbonyl (C=O) groups excluding carboxylic acids is 4. The molecule has 12 nitrogen and oxygen atoms in total. The molecule has 0 radical (unpaired) electrons. The maximum absolute atomic E-state index is 12.6. The van der Waals surface area contributed by atoms with Crippen molar-refractivity contribution in [2.24, 2.45) is 23.7 Å². The molecule has 0 aromatic carbocycles. The van der Waals surface area contributed by atoms with Crippen LogP contribution in [-0.2, 0) is 33.4 Å². The Morgan fingerprint density at radius 2 is 1.34 bits per heavy atom. The summed E-state index contributed by atoms with van der Waals surface area (Å²) in [4.78, 5) is 51.6. The fraction of sp³-hybridized carbons (Fsp3) is 0.846. The van der Waals surface area contributed by atoms with Crippen LogP contribution in [0.1, 0.15) is 25.7 Å². The standard InChI is InChI=1S/C13H20N2O4.C8H8O4.C5H12N2/c1-14-4-6-15(7-5-14)12(16)10-8-2-3-9(19-8)11(10)13(17)18;9-7-5-3-1-2-4(11-3)6(5)8(10)12-7;1-7-4-2-6-3-5-7/h8-11H,2-7H2,1H3,(H,17,18);3-6H,1-2H2;6H,2-5H2,1H3/t8-,9+,10?,11?;3-,4+,5?,6?;/m0../s1. The summed E-state index contributed by atoms with van der Waals surface area (Å²) in [5.74, 6) is -3.78. The van der Waals surface area contributed by atoms with Gasteiger partial charge in [-0.3, -0.25) is 14.4 Å². The number of likely N-dealkylation sites (N-methyl/N-ethyl adjacent to an activating group) is 2. The Hall–Kier alpha value is -2.12. The van der Waals surface area contributed by atoms with Gasteiger partial charge < -0.3 is 44.1 Å². The summed E-state index contributed by atoms with van der Waals surface area (Å²) < 4.78 is 15.6. The highest BCUT2D eigenvalue weighted by molar-refractivity contribution is 5.97. The molecule has 7 saturated heterocycles. The van der Waals surface area contributed by atoms with Gasteiger partial charge in [-0.25, -0.2) is 0 Å².